The second-order valence-electron chi connectivity index (χ2n) is 29.9. The number of aromatic nitrogens is 10. The third-order valence-corrected chi connectivity index (χ3v) is 19.7. The van der Waals surface area contributed by atoms with Gasteiger partial charge in [-0.1, -0.05) is 6.07 Å². The fraction of sp³-hybridized carbons (Fsp3) is 0.414. The summed E-state index contributed by atoms with van der Waals surface area (Å²) >= 11 is 0. The molecule has 0 saturated heterocycles. The smallest absolute Gasteiger partial charge is 0.291 e. The molecule has 3 aromatic carbocycles. The topological polar surface area (TPSA) is 465 Å². The van der Waals surface area contributed by atoms with E-state index in [1.54, 1.807) is 127 Å². The van der Waals surface area contributed by atoms with E-state index in [4.69, 9.17) is 52.1 Å². The molecule has 0 fully saturated rings. The first kappa shape index (κ1) is 96.9. The van der Waals surface area contributed by atoms with Crippen molar-refractivity contribution < 1.29 is 99.6 Å². The van der Waals surface area contributed by atoms with Crippen molar-refractivity contribution in [2.45, 2.75) is 59.0 Å². The van der Waals surface area contributed by atoms with Crippen LogP contribution in [-0.4, -0.2) is 240 Å². The number of imidazole rings is 3. The predicted molar refractivity (Wildman–Crippen MR) is 470 cm³/mol. The van der Waals surface area contributed by atoms with Crippen LogP contribution in [0.3, 0.4) is 0 Å². The van der Waals surface area contributed by atoms with Gasteiger partial charge in [-0.3, -0.25) is 47.9 Å². The van der Waals surface area contributed by atoms with Crippen LogP contribution in [0.1, 0.15) is 109 Å². The number of H-pyrrole nitrogens is 1. The molecule has 0 spiro atoms. The van der Waals surface area contributed by atoms with Crippen LogP contribution >= 0.6 is 0 Å². The predicted octanol–water partition coefficient (Wildman–Crippen LogP) is 7.16. The summed E-state index contributed by atoms with van der Waals surface area (Å²) in [5.74, 6) is -2.65. The molecule has 41 heteroatoms. The molecule has 10 aromatic rings. The van der Waals surface area contributed by atoms with Gasteiger partial charge >= 0.3 is 0 Å². The maximum Gasteiger partial charge on any atom is 0.291 e. The van der Waals surface area contributed by atoms with Gasteiger partial charge in [0.05, 0.1) is 123 Å². The summed E-state index contributed by atoms with van der Waals surface area (Å²) in [5, 5.41) is 24.7. The maximum atomic E-state index is 14.3. The number of methoxy groups -OCH3 is 1. The zero-order valence-electron chi connectivity index (χ0n) is 73.4. The van der Waals surface area contributed by atoms with Crippen molar-refractivity contribution in [2.24, 2.45) is 42.3 Å². The molecular weight excluding hydrogens is 1670 g/mol. The molecule has 0 bridgehead atoms. The monoisotopic (exact) mass is 1780 g/mol. The average molecular weight is 1780 g/mol. The van der Waals surface area contributed by atoms with E-state index in [1.807, 2.05) is 32.0 Å². The van der Waals surface area contributed by atoms with Crippen LogP contribution in [0.25, 0.3) is 22.0 Å². The Labute approximate surface area is 736 Å². The zero-order valence-corrected chi connectivity index (χ0v) is 73.4. The van der Waals surface area contributed by atoms with Crippen LogP contribution < -0.4 is 62.9 Å². The molecule has 0 aliphatic carbocycles. The van der Waals surface area contributed by atoms with E-state index in [-0.39, 0.29) is 128 Å². The van der Waals surface area contributed by atoms with Crippen molar-refractivity contribution in [3.05, 3.63) is 178 Å². The summed E-state index contributed by atoms with van der Waals surface area (Å²) in [6.45, 7) is 13.7. The number of carbonyl (C=O) groups excluding carboxylic acids is 9. The van der Waals surface area contributed by atoms with Crippen molar-refractivity contribution in [3.63, 3.8) is 0 Å². The van der Waals surface area contributed by atoms with Gasteiger partial charge in [-0.25, -0.2) is 19.3 Å². The molecule has 0 aliphatic heterocycles. The van der Waals surface area contributed by atoms with Crippen molar-refractivity contribution in [3.8, 4) is 28.4 Å². The Morgan fingerprint density at radius 2 is 0.945 bits per heavy atom. The number of carbonyl (C=O) groups is 9. The lowest BCUT2D eigenvalue weighted by molar-refractivity contribution is -0.121. The Balaban J connectivity index is 0.476. The van der Waals surface area contributed by atoms with E-state index in [2.05, 4.69) is 67.8 Å². The molecule has 10 rings (SSSR count). The van der Waals surface area contributed by atoms with E-state index < -0.39 is 52.9 Å². The number of aromatic amines is 1. The molecule has 0 atom stereocenters. The minimum atomic E-state index is -0.685. The largest absolute Gasteiger partial charge is 0.491 e. The zero-order chi connectivity index (χ0) is 91.8. The highest BCUT2D eigenvalue weighted by Gasteiger charge is 2.27. The standard InChI is InChI=1S/C87H110FN19O21/c1-55-44-58(88)45-56(2)77(55)128-68-17-12-57(87(3,4)118-11)46-63(68)65-52-107(10)86(117)76-64(65)49-66(96-76)81(112)93-59-13-15-62(16-14-59)127-43-42-126-41-40-125-39-38-124-37-36-123-35-34-122-33-32-121-31-30-120-29-28-119-27-25-89-72(108)20-22-92-83(114)79-99-70(53-105(79)8)98-75(111)21-23-91-82(113)67-47-60(50-103(67)6)94-85(116)80-100-69(54-106(80)9)97-73(109)18-19-74(110)101-71-48-61(51-104(71)7)95-84(115)78-90-24-26-102(78)5/h12-17,24,26,44-54,96H,18-23,25,27-43H2,1-11H3,(H,89,108)(H,91,113)(H,92,114)(H,93,112)(H,94,116)(H,95,115)(H,97,109)(H,98,111)(H,101,110). The molecule has 0 saturated carbocycles. The molecule has 40 nitrogen and oxygen atoms in total. The van der Waals surface area contributed by atoms with Crippen LogP contribution in [0, 0.1) is 19.7 Å². The van der Waals surface area contributed by atoms with Gasteiger partial charge in [0, 0.05) is 166 Å². The molecule has 7 heterocycles. The average Bonchev–Trinajstić information content (AvgIpc) is 1.77. The van der Waals surface area contributed by atoms with Gasteiger partial charge < -0.3 is 132 Å². The van der Waals surface area contributed by atoms with Gasteiger partial charge in [0.1, 0.15) is 52.4 Å². The van der Waals surface area contributed by atoms with E-state index in [1.165, 1.54) is 61.3 Å². The summed E-state index contributed by atoms with van der Waals surface area (Å²) in [6, 6.07) is 20.0. The minimum Gasteiger partial charge on any atom is -0.491 e. The highest BCUT2D eigenvalue weighted by atomic mass is 19.1. The maximum absolute atomic E-state index is 14.3. The second-order valence-corrected chi connectivity index (χ2v) is 29.9. The lowest BCUT2D eigenvalue weighted by Crippen LogP contribution is -2.33. The first-order chi connectivity index (χ1) is 61.5. The number of fused-ring (bicyclic) bond motifs is 1. The molecule has 7 aromatic heterocycles. The molecule has 0 radical (unpaired) electrons. The summed E-state index contributed by atoms with van der Waals surface area (Å²) < 4.78 is 86.0. The molecule has 9 amide bonds. The van der Waals surface area contributed by atoms with Crippen LogP contribution in [0.4, 0.5) is 38.9 Å². The number of hydrogen-bond acceptors (Lipinski definition) is 24. The van der Waals surface area contributed by atoms with Gasteiger partial charge in [0.25, 0.3) is 35.1 Å². The summed E-state index contributed by atoms with van der Waals surface area (Å²) in [6.07, 6.45) is 10.3. The number of nitrogens with zero attached hydrogens (tertiary/aromatic N) is 9. The van der Waals surface area contributed by atoms with Crippen LogP contribution in [0.5, 0.6) is 17.2 Å². The molecule has 10 N–H and O–H groups in total. The lowest BCUT2D eigenvalue weighted by Gasteiger charge is -2.25. The van der Waals surface area contributed by atoms with E-state index >= 15 is 0 Å². The third-order valence-electron chi connectivity index (χ3n) is 19.7. The summed E-state index contributed by atoms with van der Waals surface area (Å²) in [4.78, 5) is 146. The highest BCUT2D eigenvalue weighted by Crippen LogP contribution is 2.42. The van der Waals surface area contributed by atoms with E-state index in [9.17, 15) is 52.3 Å². The van der Waals surface area contributed by atoms with Crippen LogP contribution in [0.2, 0.25) is 0 Å². The first-order valence-corrected chi connectivity index (χ1v) is 41.3. The van der Waals surface area contributed by atoms with Gasteiger partial charge in [-0.15, -0.1) is 0 Å². The minimum absolute atomic E-state index is 0.0121. The third kappa shape index (κ3) is 28.9. The van der Waals surface area contributed by atoms with Crippen LogP contribution in [0.15, 0.2) is 121 Å². The van der Waals surface area contributed by atoms with Crippen molar-refractivity contribution in [1.82, 2.24) is 63.3 Å². The fourth-order valence-corrected chi connectivity index (χ4v) is 12.8. The fourth-order valence-electron chi connectivity index (χ4n) is 12.8. The SMILES string of the molecule is COC(C)(C)c1ccc(Oc2c(C)cc(F)cc2C)c(-c2cn(C)c(=O)c3[nH]c(C(=O)Nc4ccc(OCCOCCOCCOCCOCCOCCOCCOCCOCCNC(=O)CCNC(=O)c5nc(NC(=O)CCNC(=O)c6cc(NC(=O)c7nc(NC(=O)CCC(=O)Nc8cc(NC(=O)c9nccn9C)cn8C)cn7C)cn6C)cn5C)cc4)cc23)c1. The van der Waals surface area contributed by atoms with Gasteiger partial charge in [-0.05, 0) is 105 Å². The number of hydrogen-bond donors (Lipinski definition) is 10. The number of aryl methyl sites for hydroxylation is 8. The second kappa shape index (κ2) is 47.9. The van der Waals surface area contributed by atoms with Gasteiger partial charge in [-0.2, -0.15) is 0 Å². The Morgan fingerprint density at radius 1 is 0.445 bits per heavy atom. The first-order valence-electron chi connectivity index (χ1n) is 41.3. The number of benzene rings is 3. The molecule has 686 valence electrons. The van der Waals surface area contributed by atoms with Crippen molar-refractivity contribution >= 4 is 98.6 Å². The Morgan fingerprint density at radius 3 is 1.51 bits per heavy atom. The number of anilines is 6. The Bertz CT molecular complexity index is 5530. The normalized spacial score (nSPS) is 11.4. The van der Waals surface area contributed by atoms with Crippen LogP contribution in [-0.2, 0) is 110 Å². The highest BCUT2D eigenvalue weighted by molar-refractivity contribution is 6.09. The van der Waals surface area contributed by atoms with E-state index in [0.717, 1.165) is 5.56 Å². The Kier molecular flexibility index (Phi) is 36.3. The number of halogens is 1. The molecule has 0 aliphatic rings. The summed E-state index contributed by atoms with van der Waals surface area (Å²) in [7, 11) is 11.3. The van der Waals surface area contributed by atoms with Crippen molar-refractivity contribution in [1.29, 1.82) is 0 Å². The number of pyridine rings is 1. The van der Waals surface area contributed by atoms with E-state index in [0.29, 0.717) is 161 Å². The molecule has 128 heavy (non-hydrogen) atoms. The van der Waals surface area contributed by atoms with Gasteiger partial charge in [0.2, 0.25) is 35.3 Å². The molecule has 0 unspecified atom stereocenters. The summed E-state index contributed by atoms with van der Waals surface area (Å²) in [5.41, 5.74) is 4.05. The number of rotatable bonds is 53. The quantitative estimate of drug-likeness (QED) is 0.0169. The Hall–Kier alpha value is -13.3. The number of amides is 9. The molecular formula is C87H110FN19O21. The lowest BCUT2D eigenvalue weighted by atomic mass is 9.92. The number of nitrogens with one attached hydrogen (secondary N) is 10. The van der Waals surface area contributed by atoms with Crippen molar-refractivity contribution in [2.75, 3.05) is 171 Å². The number of ether oxygens (including phenoxy) is 11. The van der Waals surface area contributed by atoms with Gasteiger partial charge in [0.15, 0.2) is 17.5 Å².